The zero-order valence-corrected chi connectivity index (χ0v) is 12.1. The molecule has 0 aliphatic heterocycles. The number of carbonyl (C=O) groups excluding carboxylic acids is 1. The van der Waals surface area contributed by atoms with Gasteiger partial charge in [-0.1, -0.05) is 20.8 Å². The molecule has 0 aliphatic rings. The van der Waals surface area contributed by atoms with Crippen LogP contribution in [0.15, 0.2) is 18.2 Å². The first-order valence-electron chi connectivity index (χ1n) is 5.55. The van der Waals surface area contributed by atoms with Gasteiger partial charge in [-0.25, -0.2) is 0 Å². The molecule has 0 aromatic heterocycles. The van der Waals surface area contributed by atoms with Gasteiger partial charge in [-0.2, -0.15) is 0 Å². The Morgan fingerprint density at radius 2 is 2.00 bits per heavy atom. The number of methoxy groups -OCH3 is 1. The van der Waals surface area contributed by atoms with Gasteiger partial charge in [-0.05, 0) is 17.5 Å². The highest BCUT2D eigenvalue weighted by Gasteiger charge is 2.16. The molecule has 0 fully saturated rings. The summed E-state index contributed by atoms with van der Waals surface area (Å²) in [6, 6.07) is 5.19. The van der Waals surface area contributed by atoms with Gasteiger partial charge in [-0.15, -0.1) is 12.4 Å². The van der Waals surface area contributed by atoms with Gasteiger partial charge in [0.15, 0.2) is 0 Å². The maximum atomic E-state index is 11.8. The number of nitrogens with one attached hydrogen (secondary N) is 1. The molecule has 0 spiro atoms. The first-order valence-corrected chi connectivity index (χ1v) is 5.55. The van der Waals surface area contributed by atoms with Crippen molar-refractivity contribution in [1.82, 2.24) is 0 Å². The zero-order chi connectivity index (χ0) is 13.1. The van der Waals surface area contributed by atoms with Gasteiger partial charge >= 0.3 is 0 Å². The lowest BCUT2D eigenvalue weighted by Gasteiger charge is -2.18. The minimum atomic E-state index is -0.0440. The van der Waals surface area contributed by atoms with E-state index in [1.165, 1.54) is 0 Å². The van der Waals surface area contributed by atoms with Crippen LogP contribution in [0.5, 0.6) is 5.75 Å². The lowest BCUT2D eigenvalue weighted by Crippen LogP contribution is -2.20. The molecular formula is C13H21ClN2O2. The molecule has 5 heteroatoms. The molecule has 102 valence electrons. The smallest absolute Gasteiger partial charge is 0.224 e. The fourth-order valence-corrected chi connectivity index (χ4v) is 1.45. The van der Waals surface area contributed by atoms with Crippen molar-refractivity contribution in [3.63, 3.8) is 0 Å². The number of carbonyl (C=O) groups is 1. The second-order valence-electron chi connectivity index (χ2n) is 5.24. The van der Waals surface area contributed by atoms with Gasteiger partial charge in [-0.3, -0.25) is 4.79 Å². The molecule has 0 saturated carbocycles. The van der Waals surface area contributed by atoms with Gasteiger partial charge in [0.25, 0.3) is 0 Å². The van der Waals surface area contributed by atoms with Crippen LogP contribution >= 0.6 is 12.4 Å². The second kappa shape index (κ2) is 6.50. The van der Waals surface area contributed by atoms with Crippen LogP contribution in [0.1, 0.15) is 27.2 Å². The monoisotopic (exact) mass is 272 g/mol. The molecule has 0 bridgehead atoms. The number of ether oxygens (including phenoxy) is 1. The van der Waals surface area contributed by atoms with Crippen molar-refractivity contribution in [3.05, 3.63) is 18.2 Å². The molecule has 1 aromatic carbocycles. The predicted molar refractivity (Wildman–Crippen MR) is 77.4 cm³/mol. The fourth-order valence-electron chi connectivity index (χ4n) is 1.45. The van der Waals surface area contributed by atoms with E-state index < -0.39 is 0 Å². The van der Waals surface area contributed by atoms with Crippen molar-refractivity contribution in [2.45, 2.75) is 27.2 Å². The Balaban J connectivity index is 0.00000289. The largest absolute Gasteiger partial charge is 0.497 e. The average molecular weight is 273 g/mol. The number of anilines is 2. The van der Waals surface area contributed by atoms with Crippen molar-refractivity contribution in [3.8, 4) is 5.75 Å². The number of benzene rings is 1. The number of hydrogen-bond acceptors (Lipinski definition) is 3. The topological polar surface area (TPSA) is 64.3 Å². The Kier molecular flexibility index (Phi) is 5.98. The van der Waals surface area contributed by atoms with E-state index >= 15 is 0 Å². The molecule has 0 saturated heterocycles. The molecule has 4 nitrogen and oxygen atoms in total. The molecule has 1 amide bonds. The number of hydrogen-bond donors (Lipinski definition) is 2. The highest BCUT2D eigenvalue weighted by molar-refractivity contribution is 5.94. The number of nitrogen functional groups attached to an aromatic ring is 1. The number of rotatable bonds is 3. The Labute approximate surface area is 114 Å². The first kappa shape index (κ1) is 16.6. The lowest BCUT2D eigenvalue weighted by molar-refractivity contribution is -0.117. The lowest BCUT2D eigenvalue weighted by atomic mass is 9.92. The van der Waals surface area contributed by atoms with Crippen LogP contribution in [0, 0.1) is 5.41 Å². The highest BCUT2D eigenvalue weighted by atomic mass is 35.5. The van der Waals surface area contributed by atoms with E-state index in [9.17, 15) is 4.79 Å². The van der Waals surface area contributed by atoms with Crippen LogP contribution < -0.4 is 15.8 Å². The summed E-state index contributed by atoms with van der Waals surface area (Å²) in [6.45, 7) is 6.05. The molecule has 0 aliphatic carbocycles. The van der Waals surface area contributed by atoms with Crippen molar-refractivity contribution in [2.24, 2.45) is 5.41 Å². The summed E-state index contributed by atoms with van der Waals surface area (Å²) in [5.74, 6) is 0.628. The summed E-state index contributed by atoms with van der Waals surface area (Å²) in [4.78, 5) is 11.8. The van der Waals surface area contributed by atoms with E-state index in [2.05, 4.69) is 5.32 Å². The van der Waals surface area contributed by atoms with Crippen molar-refractivity contribution in [1.29, 1.82) is 0 Å². The standard InChI is InChI=1S/C13H20N2O2.ClH/c1-13(2,3)8-12(16)15-11-7-9(17-4)5-6-10(11)14;/h5-7H,8,14H2,1-4H3,(H,15,16);1H. The van der Waals surface area contributed by atoms with E-state index in [0.717, 1.165) is 0 Å². The van der Waals surface area contributed by atoms with Crippen LogP contribution in [-0.2, 0) is 4.79 Å². The number of nitrogens with two attached hydrogens (primary N) is 1. The van der Waals surface area contributed by atoms with Gasteiger partial charge in [0.05, 0.1) is 18.5 Å². The van der Waals surface area contributed by atoms with Crippen LogP contribution in [0.25, 0.3) is 0 Å². The quantitative estimate of drug-likeness (QED) is 0.831. The third-order valence-electron chi connectivity index (χ3n) is 2.23. The normalized spacial score (nSPS) is 10.4. The van der Waals surface area contributed by atoms with Gasteiger partial charge in [0.2, 0.25) is 5.91 Å². The summed E-state index contributed by atoms with van der Waals surface area (Å²) < 4.78 is 5.09. The highest BCUT2D eigenvalue weighted by Crippen LogP contribution is 2.26. The Hall–Kier alpha value is -1.42. The molecule has 1 aromatic rings. The molecule has 0 radical (unpaired) electrons. The van der Waals surface area contributed by atoms with E-state index in [1.807, 2.05) is 20.8 Å². The zero-order valence-electron chi connectivity index (χ0n) is 11.2. The molecule has 3 N–H and O–H groups in total. The maximum absolute atomic E-state index is 11.8. The molecular weight excluding hydrogens is 252 g/mol. The SMILES string of the molecule is COc1ccc(N)c(NC(=O)CC(C)(C)C)c1.Cl. The molecule has 18 heavy (non-hydrogen) atoms. The third kappa shape index (κ3) is 5.27. The Morgan fingerprint density at radius 3 is 2.50 bits per heavy atom. The Bertz CT molecular complexity index is 414. The average Bonchev–Trinajstić information content (AvgIpc) is 2.18. The number of halogens is 1. The van der Waals surface area contributed by atoms with Crippen LogP contribution in [0.2, 0.25) is 0 Å². The summed E-state index contributed by atoms with van der Waals surface area (Å²) in [5, 5.41) is 2.80. The predicted octanol–water partition coefficient (Wildman–Crippen LogP) is 3.07. The Morgan fingerprint density at radius 1 is 1.39 bits per heavy atom. The summed E-state index contributed by atoms with van der Waals surface area (Å²) in [5.41, 5.74) is 6.87. The van der Waals surface area contributed by atoms with E-state index in [-0.39, 0.29) is 23.7 Å². The minimum absolute atomic E-state index is 0. The summed E-state index contributed by atoms with van der Waals surface area (Å²) in [7, 11) is 1.58. The first-order chi connectivity index (χ1) is 7.81. The summed E-state index contributed by atoms with van der Waals surface area (Å²) in [6.07, 6.45) is 0.448. The fraction of sp³-hybridized carbons (Fsp3) is 0.462. The van der Waals surface area contributed by atoms with Gasteiger partial charge in [0.1, 0.15) is 5.75 Å². The minimum Gasteiger partial charge on any atom is -0.497 e. The van der Waals surface area contributed by atoms with E-state index in [4.69, 9.17) is 10.5 Å². The molecule has 0 unspecified atom stereocenters. The second-order valence-corrected chi connectivity index (χ2v) is 5.24. The van der Waals surface area contributed by atoms with Crippen LogP contribution in [0.4, 0.5) is 11.4 Å². The van der Waals surface area contributed by atoms with E-state index in [0.29, 0.717) is 23.5 Å². The molecule has 0 atom stereocenters. The third-order valence-corrected chi connectivity index (χ3v) is 2.23. The molecule has 1 rings (SSSR count). The van der Waals surface area contributed by atoms with Gasteiger partial charge in [0, 0.05) is 12.5 Å². The summed E-state index contributed by atoms with van der Waals surface area (Å²) >= 11 is 0. The van der Waals surface area contributed by atoms with Crippen molar-refractivity contribution >= 4 is 29.7 Å². The van der Waals surface area contributed by atoms with E-state index in [1.54, 1.807) is 25.3 Å². The van der Waals surface area contributed by atoms with Crippen LogP contribution in [0.3, 0.4) is 0 Å². The maximum Gasteiger partial charge on any atom is 0.224 e. The van der Waals surface area contributed by atoms with Crippen LogP contribution in [-0.4, -0.2) is 13.0 Å². The number of amides is 1. The van der Waals surface area contributed by atoms with Crippen molar-refractivity contribution < 1.29 is 9.53 Å². The molecule has 0 heterocycles. The van der Waals surface area contributed by atoms with Gasteiger partial charge < -0.3 is 15.8 Å². The van der Waals surface area contributed by atoms with Crippen molar-refractivity contribution in [2.75, 3.05) is 18.2 Å².